The maximum Gasteiger partial charge on any atom is 0.269 e. The Balaban J connectivity index is 1.48. The molecule has 0 N–H and O–H groups in total. The summed E-state index contributed by atoms with van der Waals surface area (Å²) >= 11 is 1.44. The van der Waals surface area contributed by atoms with Crippen LogP contribution in [0.3, 0.4) is 0 Å². The number of rotatable bonds is 6. The highest BCUT2D eigenvalue weighted by atomic mass is 32.2. The van der Waals surface area contributed by atoms with Crippen molar-refractivity contribution >= 4 is 23.4 Å². The smallest absolute Gasteiger partial charge is 0.269 e. The van der Waals surface area contributed by atoms with E-state index in [0.29, 0.717) is 0 Å². The number of non-ortho nitro benzene ring substituents is 1. The molecule has 1 heterocycles. The molecule has 7 heteroatoms. The fraction of sp³-hybridized carbons (Fsp3) is 0.350. The number of benzene rings is 2. The number of nitrogens with zero attached hydrogens (tertiary/aromatic N) is 3. The van der Waals surface area contributed by atoms with Gasteiger partial charge in [0.1, 0.15) is 0 Å². The molecular formula is C20H23N3O3S. The van der Waals surface area contributed by atoms with Gasteiger partial charge in [0.2, 0.25) is 5.91 Å². The summed E-state index contributed by atoms with van der Waals surface area (Å²) in [5.41, 5.74) is 1.35. The Bertz CT molecular complexity index is 775. The van der Waals surface area contributed by atoms with Crippen LogP contribution in [0.2, 0.25) is 0 Å². The largest absolute Gasteiger partial charge is 0.339 e. The van der Waals surface area contributed by atoms with Crippen molar-refractivity contribution in [2.75, 3.05) is 26.2 Å². The van der Waals surface area contributed by atoms with Gasteiger partial charge in [0, 0.05) is 49.8 Å². The van der Waals surface area contributed by atoms with Crippen LogP contribution in [0.1, 0.15) is 12.5 Å². The molecule has 1 fully saturated rings. The van der Waals surface area contributed by atoms with Crippen molar-refractivity contribution < 1.29 is 9.72 Å². The summed E-state index contributed by atoms with van der Waals surface area (Å²) in [6.07, 6.45) is 0. The van der Waals surface area contributed by atoms with Gasteiger partial charge < -0.3 is 4.90 Å². The fourth-order valence-electron chi connectivity index (χ4n) is 3.13. The molecule has 1 saturated heterocycles. The van der Waals surface area contributed by atoms with Crippen LogP contribution in [0, 0.1) is 10.1 Å². The highest BCUT2D eigenvalue weighted by Gasteiger charge is 2.25. The Hall–Kier alpha value is -2.38. The molecule has 142 valence electrons. The van der Waals surface area contributed by atoms with E-state index in [9.17, 15) is 14.9 Å². The Labute approximate surface area is 163 Å². The highest BCUT2D eigenvalue weighted by molar-refractivity contribution is 8.00. The summed E-state index contributed by atoms with van der Waals surface area (Å²) < 4.78 is 0. The number of nitro groups is 1. The van der Waals surface area contributed by atoms with E-state index in [1.807, 2.05) is 30.0 Å². The summed E-state index contributed by atoms with van der Waals surface area (Å²) in [7, 11) is 0. The van der Waals surface area contributed by atoms with Crippen LogP contribution in [0.15, 0.2) is 59.5 Å². The summed E-state index contributed by atoms with van der Waals surface area (Å²) in [5, 5.41) is 10.5. The highest BCUT2D eigenvalue weighted by Crippen LogP contribution is 2.26. The Morgan fingerprint density at radius 1 is 1.07 bits per heavy atom. The van der Waals surface area contributed by atoms with Gasteiger partial charge in [-0.1, -0.05) is 30.3 Å². The van der Waals surface area contributed by atoms with Crippen molar-refractivity contribution in [2.45, 2.75) is 23.6 Å². The molecule has 2 aromatic rings. The number of hydrogen-bond acceptors (Lipinski definition) is 5. The maximum atomic E-state index is 12.7. The molecule has 0 radical (unpaired) electrons. The van der Waals surface area contributed by atoms with Crippen molar-refractivity contribution in [3.8, 4) is 0 Å². The SMILES string of the molecule is CC(Sc1ccc([N+](=O)[O-])cc1)C(=O)N1CCN(Cc2ccccc2)CC1. The quantitative estimate of drug-likeness (QED) is 0.433. The molecule has 0 spiro atoms. The average molecular weight is 385 g/mol. The normalized spacial score (nSPS) is 16.1. The first kappa shape index (κ1) is 19.4. The van der Waals surface area contributed by atoms with Crippen molar-refractivity contribution in [1.82, 2.24) is 9.80 Å². The van der Waals surface area contributed by atoms with Crippen molar-refractivity contribution in [2.24, 2.45) is 0 Å². The standard InChI is InChI=1S/C20H23N3O3S/c1-16(27-19-9-7-18(8-10-19)23(25)26)20(24)22-13-11-21(12-14-22)15-17-5-3-2-4-6-17/h2-10,16H,11-15H2,1H3. The lowest BCUT2D eigenvalue weighted by molar-refractivity contribution is -0.384. The lowest BCUT2D eigenvalue weighted by atomic mass is 10.2. The molecule has 1 aliphatic heterocycles. The number of hydrogen-bond donors (Lipinski definition) is 0. The lowest BCUT2D eigenvalue weighted by Crippen LogP contribution is -2.50. The molecule has 1 atom stereocenters. The first-order valence-corrected chi connectivity index (χ1v) is 9.87. The second-order valence-corrected chi connectivity index (χ2v) is 8.01. The van der Waals surface area contributed by atoms with E-state index in [-0.39, 0.29) is 16.8 Å². The van der Waals surface area contributed by atoms with Crippen LogP contribution < -0.4 is 0 Å². The van der Waals surface area contributed by atoms with Gasteiger partial charge >= 0.3 is 0 Å². The number of carbonyl (C=O) groups excluding carboxylic acids is 1. The number of thioether (sulfide) groups is 1. The molecule has 27 heavy (non-hydrogen) atoms. The molecule has 2 aromatic carbocycles. The van der Waals surface area contributed by atoms with Crippen LogP contribution in [-0.2, 0) is 11.3 Å². The van der Waals surface area contributed by atoms with E-state index in [4.69, 9.17) is 0 Å². The minimum atomic E-state index is -0.419. The third-order valence-electron chi connectivity index (χ3n) is 4.64. The molecule has 0 aromatic heterocycles. The van der Waals surface area contributed by atoms with Crippen LogP contribution in [0.25, 0.3) is 0 Å². The third-order valence-corrected chi connectivity index (χ3v) is 5.74. The molecule has 1 unspecified atom stereocenters. The lowest BCUT2D eigenvalue weighted by Gasteiger charge is -2.35. The number of nitro benzene ring substituents is 1. The van der Waals surface area contributed by atoms with E-state index in [2.05, 4.69) is 17.0 Å². The first-order chi connectivity index (χ1) is 13.0. The summed E-state index contributed by atoms with van der Waals surface area (Å²) in [5.74, 6) is 0.123. The minimum Gasteiger partial charge on any atom is -0.339 e. The maximum absolute atomic E-state index is 12.7. The van der Waals surface area contributed by atoms with E-state index in [0.717, 1.165) is 37.6 Å². The molecule has 1 aliphatic rings. The first-order valence-electron chi connectivity index (χ1n) is 8.99. The van der Waals surface area contributed by atoms with Gasteiger partial charge in [-0.25, -0.2) is 0 Å². The molecular weight excluding hydrogens is 362 g/mol. The Morgan fingerprint density at radius 3 is 2.30 bits per heavy atom. The van der Waals surface area contributed by atoms with Crippen LogP contribution in [0.4, 0.5) is 5.69 Å². The van der Waals surface area contributed by atoms with Crippen LogP contribution in [0.5, 0.6) is 0 Å². The average Bonchev–Trinajstić information content (AvgIpc) is 2.69. The van der Waals surface area contributed by atoms with Gasteiger partial charge in [0.25, 0.3) is 5.69 Å². The number of amides is 1. The van der Waals surface area contributed by atoms with Gasteiger partial charge in [-0.2, -0.15) is 0 Å². The zero-order valence-corrected chi connectivity index (χ0v) is 16.1. The fourth-order valence-corrected chi connectivity index (χ4v) is 4.08. The van der Waals surface area contributed by atoms with Gasteiger partial charge in [-0.3, -0.25) is 19.8 Å². The van der Waals surface area contributed by atoms with Gasteiger partial charge in [0.05, 0.1) is 10.2 Å². The van der Waals surface area contributed by atoms with E-state index in [1.54, 1.807) is 12.1 Å². The molecule has 6 nitrogen and oxygen atoms in total. The molecule has 1 amide bonds. The van der Waals surface area contributed by atoms with Crippen LogP contribution >= 0.6 is 11.8 Å². The van der Waals surface area contributed by atoms with Crippen molar-refractivity contribution in [3.63, 3.8) is 0 Å². The molecule has 3 rings (SSSR count). The monoisotopic (exact) mass is 385 g/mol. The minimum absolute atomic E-state index is 0.0628. The van der Waals surface area contributed by atoms with E-state index in [1.165, 1.54) is 29.5 Å². The van der Waals surface area contributed by atoms with E-state index < -0.39 is 4.92 Å². The summed E-state index contributed by atoms with van der Waals surface area (Å²) in [4.78, 5) is 28.2. The molecule has 0 aliphatic carbocycles. The molecule has 0 bridgehead atoms. The van der Waals surface area contributed by atoms with Gasteiger partial charge in [0.15, 0.2) is 0 Å². The van der Waals surface area contributed by atoms with Gasteiger partial charge in [-0.05, 0) is 24.6 Å². The van der Waals surface area contributed by atoms with Crippen molar-refractivity contribution in [1.29, 1.82) is 0 Å². The third kappa shape index (κ3) is 5.30. The predicted molar refractivity (Wildman–Crippen MR) is 107 cm³/mol. The topological polar surface area (TPSA) is 66.7 Å². The number of carbonyl (C=O) groups is 1. The van der Waals surface area contributed by atoms with Gasteiger partial charge in [-0.15, -0.1) is 11.8 Å². The van der Waals surface area contributed by atoms with Crippen LogP contribution in [-0.4, -0.2) is 52.1 Å². The summed E-state index contributed by atoms with van der Waals surface area (Å²) in [6, 6.07) is 16.7. The zero-order valence-electron chi connectivity index (χ0n) is 15.3. The Kier molecular flexibility index (Phi) is 6.47. The Morgan fingerprint density at radius 2 is 1.70 bits per heavy atom. The summed E-state index contributed by atoms with van der Waals surface area (Å²) in [6.45, 7) is 6.01. The predicted octanol–water partition coefficient (Wildman–Crippen LogP) is 3.42. The molecule has 0 saturated carbocycles. The second kappa shape index (κ2) is 9.01. The van der Waals surface area contributed by atoms with E-state index >= 15 is 0 Å². The second-order valence-electron chi connectivity index (χ2n) is 6.60. The van der Waals surface area contributed by atoms with Crippen molar-refractivity contribution in [3.05, 3.63) is 70.3 Å². The zero-order chi connectivity index (χ0) is 19.2. The number of piperazine rings is 1.